The van der Waals surface area contributed by atoms with E-state index >= 15 is 0 Å². The van der Waals surface area contributed by atoms with Crippen molar-refractivity contribution in [3.63, 3.8) is 0 Å². The van der Waals surface area contributed by atoms with Crippen molar-refractivity contribution >= 4 is 40.1 Å². The molecule has 138 valence electrons. The van der Waals surface area contributed by atoms with Gasteiger partial charge in [0.15, 0.2) is 5.65 Å². The molecule has 0 N–H and O–H groups in total. The molecule has 0 fully saturated rings. The number of aromatic nitrogens is 3. The molecule has 1 aromatic carbocycles. The van der Waals surface area contributed by atoms with Crippen LogP contribution in [0.4, 0.5) is 5.69 Å². The smallest absolute Gasteiger partial charge is 0.268 e. The number of hydrogen-bond donors (Lipinski definition) is 0. The minimum absolute atomic E-state index is 0.166. The Kier molecular flexibility index (Phi) is 4.03. The molecule has 27 heavy (non-hydrogen) atoms. The summed E-state index contributed by atoms with van der Waals surface area (Å²) < 4.78 is 1.62. The van der Waals surface area contributed by atoms with Crippen LogP contribution in [0.1, 0.15) is 51.5 Å². The van der Waals surface area contributed by atoms with E-state index in [0.717, 1.165) is 22.2 Å². The van der Waals surface area contributed by atoms with Gasteiger partial charge in [-0.2, -0.15) is 5.10 Å². The maximum Gasteiger partial charge on any atom is 0.284 e. The molecule has 0 atom stereocenters. The highest BCUT2D eigenvalue weighted by molar-refractivity contribution is 6.36. The predicted molar refractivity (Wildman–Crippen MR) is 105 cm³/mol. The normalized spacial score (nSPS) is 13.7. The number of pyridine rings is 1. The van der Waals surface area contributed by atoms with Gasteiger partial charge in [-0.3, -0.25) is 14.3 Å². The van der Waals surface area contributed by atoms with Crippen molar-refractivity contribution in [3.05, 3.63) is 51.3 Å². The lowest BCUT2D eigenvalue weighted by molar-refractivity contribution is 0.0924. The number of rotatable bonds is 3. The van der Waals surface area contributed by atoms with Gasteiger partial charge in [-0.25, -0.2) is 9.88 Å². The second kappa shape index (κ2) is 6.16. The van der Waals surface area contributed by atoms with Crippen LogP contribution in [0.25, 0.3) is 11.0 Å². The van der Waals surface area contributed by atoms with Crippen LogP contribution in [0.5, 0.6) is 0 Å². The highest BCUT2D eigenvalue weighted by atomic mass is 35.5. The summed E-state index contributed by atoms with van der Waals surface area (Å²) in [6.07, 6.45) is 1.30. The molecule has 0 aliphatic carbocycles. The average molecular weight is 383 g/mol. The lowest BCUT2D eigenvalue weighted by Gasteiger charge is -2.22. The molecule has 2 aromatic heterocycles. The summed E-state index contributed by atoms with van der Waals surface area (Å²) >= 11 is 6.38. The van der Waals surface area contributed by atoms with Crippen LogP contribution in [-0.4, -0.2) is 26.6 Å². The number of carbonyl (C=O) groups is 2. The van der Waals surface area contributed by atoms with Crippen LogP contribution in [-0.2, 0) is 19.9 Å². The first-order valence-electron chi connectivity index (χ1n) is 8.92. The zero-order valence-electron chi connectivity index (χ0n) is 15.6. The number of halogens is 1. The van der Waals surface area contributed by atoms with E-state index in [1.807, 2.05) is 32.9 Å². The van der Waals surface area contributed by atoms with Gasteiger partial charge in [-0.05, 0) is 43.0 Å². The Morgan fingerprint density at radius 3 is 2.52 bits per heavy atom. The van der Waals surface area contributed by atoms with Gasteiger partial charge in [-0.1, -0.05) is 31.5 Å². The number of nitrogens with zero attached hydrogens (tertiary/aromatic N) is 4. The molecule has 3 aromatic rings. The number of fused-ring (bicyclic) bond motifs is 2. The molecule has 1 aliphatic heterocycles. The number of benzene rings is 1. The second-order valence-corrected chi connectivity index (χ2v) is 7.06. The van der Waals surface area contributed by atoms with Crippen LogP contribution in [0.3, 0.4) is 0 Å². The van der Waals surface area contributed by atoms with Crippen LogP contribution in [0, 0.1) is 6.92 Å². The van der Waals surface area contributed by atoms with Crippen LogP contribution < -0.4 is 4.90 Å². The Morgan fingerprint density at radius 1 is 1.11 bits per heavy atom. The van der Waals surface area contributed by atoms with Gasteiger partial charge in [0, 0.05) is 17.5 Å². The third-order valence-electron chi connectivity index (χ3n) is 5.11. The van der Waals surface area contributed by atoms with E-state index in [1.54, 1.807) is 17.8 Å². The molecule has 0 bridgehead atoms. The summed E-state index contributed by atoms with van der Waals surface area (Å²) in [7, 11) is 1.77. The first-order valence-corrected chi connectivity index (χ1v) is 9.30. The van der Waals surface area contributed by atoms with E-state index in [0.29, 0.717) is 34.8 Å². The van der Waals surface area contributed by atoms with E-state index in [2.05, 4.69) is 10.1 Å². The monoisotopic (exact) mass is 382 g/mol. The van der Waals surface area contributed by atoms with Crippen molar-refractivity contribution in [2.45, 2.75) is 33.6 Å². The van der Waals surface area contributed by atoms with E-state index < -0.39 is 5.91 Å². The van der Waals surface area contributed by atoms with E-state index in [1.165, 1.54) is 4.90 Å². The third-order valence-corrected chi connectivity index (χ3v) is 5.46. The summed E-state index contributed by atoms with van der Waals surface area (Å²) in [5, 5.41) is 5.65. The van der Waals surface area contributed by atoms with Gasteiger partial charge >= 0.3 is 0 Å². The molecule has 2 amide bonds. The highest BCUT2D eigenvalue weighted by Crippen LogP contribution is 2.37. The van der Waals surface area contributed by atoms with E-state index in [-0.39, 0.29) is 11.6 Å². The number of carbonyl (C=O) groups excluding carboxylic acids is 2. The van der Waals surface area contributed by atoms with Gasteiger partial charge in [-0.15, -0.1) is 0 Å². The SMILES string of the molecule is CCc1ccc(Cl)c(CC)c1N1C(=O)c2cc3c(C)nn(C)c3nc2C1=O. The fourth-order valence-corrected chi connectivity index (χ4v) is 4.04. The fourth-order valence-electron chi connectivity index (χ4n) is 3.75. The Bertz CT molecular complexity index is 1080. The Labute approximate surface area is 161 Å². The standard InChI is InChI=1S/C20H19ClN4O2/c1-5-11-7-8-15(21)12(6-2)17(11)25-19(26)14-9-13-10(3)23-24(4)18(13)22-16(14)20(25)27/h7-9H,5-6H2,1-4H3. The van der Waals surface area contributed by atoms with Gasteiger partial charge in [0.25, 0.3) is 11.8 Å². The molecule has 3 heterocycles. The molecular formula is C20H19ClN4O2. The molecule has 4 rings (SSSR count). The molecule has 1 aliphatic rings. The summed E-state index contributed by atoms with van der Waals surface area (Å²) in [5.74, 6) is -0.776. The lowest BCUT2D eigenvalue weighted by atomic mass is 10.0. The number of anilines is 1. The lowest BCUT2D eigenvalue weighted by Crippen LogP contribution is -2.31. The van der Waals surface area contributed by atoms with Crippen LogP contribution >= 0.6 is 11.6 Å². The van der Waals surface area contributed by atoms with Crippen molar-refractivity contribution in [2.24, 2.45) is 7.05 Å². The number of amides is 2. The van der Waals surface area contributed by atoms with Gasteiger partial charge in [0.1, 0.15) is 5.69 Å². The van der Waals surface area contributed by atoms with Crippen LogP contribution in [0.2, 0.25) is 5.02 Å². The molecule has 0 saturated carbocycles. The van der Waals surface area contributed by atoms with Crippen molar-refractivity contribution in [1.82, 2.24) is 14.8 Å². The molecule has 7 heteroatoms. The average Bonchev–Trinajstić information content (AvgIpc) is 3.07. The second-order valence-electron chi connectivity index (χ2n) is 6.65. The molecule has 0 unspecified atom stereocenters. The summed E-state index contributed by atoms with van der Waals surface area (Å²) in [6, 6.07) is 5.42. The molecule has 0 saturated heterocycles. The first kappa shape index (κ1) is 17.7. The first-order chi connectivity index (χ1) is 12.9. The molecular weight excluding hydrogens is 364 g/mol. The highest BCUT2D eigenvalue weighted by Gasteiger charge is 2.41. The quantitative estimate of drug-likeness (QED) is 0.645. The van der Waals surface area contributed by atoms with Gasteiger partial charge < -0.3 is 0 Å². The maximum atomic E-state index is 13.2. The summed E-state index contributed by atoms with van der Waals surface area (Å²) in [4.78, 5) is 32.1. The van der Waals surface area contributed by atoms with Gasteiger partial charge in [0.2, 0.25) is 0 Å². The van der Waals surface area contributed by atoms with E-state index in [4.69, 9.17) is 11.6 Å². The third kappa shape index (κ3) is 2.40. The van der Waals surface area contributed by atoms with Crippen molar-refractivity contribution in [2.75, 3.05) is 4.90 Å². The topological polar surface area (TPSA) is 68.1 Å². The van der Waals surface area contributed by atoms with Gasteiger partial charge in [0.05, 0.1) is 16.9 Å². The molecule has 6 nitrogen and oxygen atoms in total. The number of imide groups is 1. The van der Waals surface area contributed by atoms with Crippen LogP contribution in [0.15, 0.2) is 18.2 Å². The predicted octanol–water partition coefficient (Wildman–Crippen LogP) is 3.86. The molecule has 0 spiro atoms. The summed E-state index contributed by atoms with van der Waals surface area (Å²) in [5.41, 5.74) is 4.15. The maximum absolute atomic E-state index is 13.2. The Hall–Kier alpha value is -2.73. The zero-order valence-corrected chi connectivity index (χ0v) is 16.4. The summed E-state index contributed by atoms with van der Waals surface area (Å²) in [6.45, 7) is 5.81. The Morgan fingerprint density at radius 2 is 1.85 bits per heavy atom. The zero-order chi connectivity index (χ0) is 19.5. The fraction of sp³-hybridized carbons (Fsp3) is 0.300. The van der Waals surface area contributed by atoms with Crippen molar-refractivity contribution in [1.29, 1.82) is 0 Å². The minimum atomic E-state index is -0.414. The number of aryl methyl sites for hydroxylation is 3. The number of hydrogen-bond acceptors (Lipinski definition) is 4. The largest absolute Gasteiger partial charge is 0.284 e. The van der Waals surface area contributed by atoms with Crippen molar-refractivity contribution in [3.8, 4) is 0 Å². The molecule has 0 radical (unpaired) electrons. The minimum Gasteiger partial charge on any atom is -0.268 e. The van der Waals surface area contributed by atoms with Crippen molar-refractivity contribution < 1.29 is 9.59 Å². The van der Waals surface area contributed by atoms with E-state index in [9.17, 15) is 9.59 Å². The Balaban J connectivity index is 1.96.